The minimum Gasteiger partial charge on any atom is -0.466 e. The van der Waals surface area contributed by atoms with Crippen molar-refractivity contribution in [3.05, 3.63) is 58.0 Å². The van der Waals surface area contributed by atoms with Crippen molar-refractivity contribution in [1.29, 1.82) is 5.26 Å². The number of para-hydroxylation sites is 1. The summed E-state index contributed by atoms with van der Waals surface area (Å²) >= 11 is 1.35. The molecule has 0 unspecified atom stereocenters. The lowest BCUT2D eigenvalue weighted by Crippen LogP contribution is -2.20. The fourth-order valence-electron chi connectivity index (χ4n) is 2.67. The molecule has 1 aromatic heterocycles. The van der Waals surface area contributed by atoms with Crippen LogP contribution >= 0.6 is 11.8 Å². The van der Waals surface area contributed by atoms with Crippen LogP contribution in [0.25, 0.3) is 0 Å². The number of nitrogens with zero attached hydrogens (tertiary/aromatic N) is 2. The van der Waals surface area contributed by atoms with E-state index in [1.54, 1.807) is 31.9 Å². The van der Waals surface area contributed by atoms with Crippen molar-refractivity contribution < 1.29 is 18.7 Å². The number of fused-ring (bicyclic) bond motifs is 1. The third-order valence-electron chi connectivity index (χ3n) is 3.94. The quantitative estimate of drug-likeness (QED) is 0.463. The molecular formula is C19H16N2O4S. The van der Waals surface area contributed by atoms with E-state index in [0.717, 1.165) is 10.6 Å². The van der Waals surface area contributed by atoms with Crippen LogP contribution in [-0.4, -0.2) is 25.4 Å². The van der Waals surface area contributed by atoms with Crippen molar-refractivity contribution in [2.45, 2.75) is 18.7 Å². The lowest BCUT2D eigenvalue weighted by molar-refractivity contribution is -0.118. The Morgan fingerprint density at radius 3 is 2.65 bits per heavy atom. The fraction of sp³-hybridized carbons (Fsp3) is 0.211. The van der Waals surface area contributed by atoms with E-state index in [2.05, 4.69) is 0 Å². The zero-order valence-corrected chi connectivity index (χ0v) is 15.3. The second kappa shape index (κ2) is 7.10. The van der Waals surface area contributed by atoms with Crippen LogP contribution in [0.5, 0.6) is 0 Å². The number of hydrogen-bond donors (Lipinski definition) is 0. The van der Waals surface area contributed by atoms with Crippen molar-refractivity contribution in [3.63, 3.8) is 0 Å². The van der Waals surface area contributed by atoms with Gasteiger partial charge >= 0.3 is 5.97 Å². The van der Waals surface area contributed by atoms with Crippen molar-refractivity contribution in [3.8, 4) is 6.07 Å². The second-order valence-electron chi connectivity index (χ2n) is 5.75. The van der Waals surface area contributed by atoms with E-state index in [-0.39, 0.29) is 11.1 Å². The van der Waals surface area contributed by atoms with Gasteiger partial charge in [0.15, 0.2) is 6.61 Å². The molecule has 2 heterocycles. The minimum atomic E-state index is -0.647. The minimum absolute atomic E-state index is 0.0263. The van der Waals surface area contributed by atoms with Crippen LogP contribution in [0.1, 0.15) is 21.9 Å². The van der Waals surface area contributed by atoms with Crippen LogP contribution in [0.15, 0.2) is 50.2 Å². The first-order valence-electron chi connectivity index (χ1n) is 7.84. The van der Waals surface area contributed by atoms with Gasteiger partial charge in [0.1, 0.15) is 33.8 Å². The number of nitriles is 1. The summed E-state index contributed by atoms with van der Waals surface area (Å²) in [7, 11) is 1.79. The lowest BCUT2D eigenvalue weighted by Gasteiger charge is -2.14. The van der Waals surface area contributed by atoms with Crippen molar-refractivity contribution in [1.82, 2.24) is 0 Å². The molecule has 132 valence electrons. The molecule has 0 bridgehead atoms. The third kappa shape index (κ3) is 3.24. The molecule has 26 heavy (non-hydrogen) atoms. The van der Waals surface area contributed by atoms with E-state index in [1.807, 2.05) is 30.3 Å². The van der Waals surface area contributed by atoms with E-state index in [0.29, 0.717) is 16.5 Å². The highest BCUT2D eigenvalue weighted by molar-refractivity contribution is 8.03. The SMILES string of the molecule is Cc1cc(C(=O)OCC(=O)/C(C#N)=C2\Sc3ccccc3N2C)c(C)o1. The average molecular weight is 368 g/mol. The maximum atomic E-state index is 12.5. The van der Waals surface area contributed by atoms with Crippen LogP contribution in [-0.2, 0) is 9.53 Å². The van der Waals surface area contributed by atoms with Gasteiger partial charge in [0.05, 0.1) is 5.69 Å². The predicted octanol–water partition coefficient (Wildman–Crippen LogP) is 3.60. The highest BCUT2D eigenvalue weighted by Gasteiger charge is 2.28. The molecule has 2 aromatic rings. The molecule has 0 spiro atoms. The van der Waals surface area contributed by atoms with Gasteiger partial charge in [-0.2, -0.15) is 5.26 Å². The number of benzene rings is 1. The average Bonchev–Trinajstić information content (AvgIpc) is 3.13. The zero-order chi connectivity index (χ0) is 18.8. The molecule has 1 aromatic carbocycles. The smallest absolute Gasteiger partial charge is 0.342 e. The molecule has 0 saturated heterocycles. The molecule has 7 heteroatoms. The van der Waals surface area contributed by atoms with Gasteiger partial charge in [-0.25, -0.2) is 4.79 Å². The maximum Gasteiger partial charge on any atom is 0.342 e. The summed E-state index contributed by atoms with van der Waals surface area (Å²) in [5, 5.41) is 9.99. The largest absolute Gasteiger partial charge is 0.466 e. The van der Waals surface area contributed by atoms with E-state index >= 15 is 0 Å². The number of ether oxygens (including phenoxy) is 1. The molecule has 0 N–H and O–H groups in total. The number of anilines is 1. The first kappa shape index (κ1) is 17.8. The van der Waals surface area contributed by atoms with Gasteiger partial charge in [-0.1, -0.05) is 23.9 Å². The number of ketones is 1. The molecule has 0 aliphatic carbocycles. The van der Waals surface area contributed by atoms with Gasteiger partial charge < -0.3 is 14.1 Å². The highest BCUT2D eigenvalue weighted by atomic mass is 32.2. The molecule has 3 rings (SSSR count). The highest BCUT2D eigenvalue weighted by Crippen LogP contribution is 2.46. The number of furan rings is 1. The number of aryl methyl sites for hydroxylation is 2. The topological polar surface area (TPSA) is 83.5 Å². The Labute approximate surface area is 155 Å². The fourth-order valence-corrected chi connectivity index (χ4v) is 3.83. The molecule has 1 aliphatic heterocycles. The number of carbonyl (C=O) groups excluding carboxylic acids is 2. The summed E-state index contributed by atoms with van der Waals surface area (Å²) in [5.74, 6) is -0.172. The Balaban J connectivity index is 1.76. The molecule has 0 radical (unpaired) electrons. The van der Waals surface area contributed by atoms with Crippen LogP contribution in [0.4, 0.5) is 5.69 Å². The number of Topliss-reactive ketones (excluding diaryl/α,β-unsaturated/α-hetero) is 1. The molecular weight excluding hydrogens is 352 g/mol. The summed E-state index contributed by atoms with van der Waals surface area (Å²) in [6, 6.07) is 11.1. The summed E-state index contributed by atoms with van der Waals surface area (Å²) in [6.07, 6.45) is 0. The van der Waals surface area contributed by atoms with Crippen LogP contribution in [0.2, 0.25) is 0 Å². The Morgan fingerprint density at radius 1 is 1.31 bits per heavy atom. The van der Waals surface area contributed by atoms with Gasteiger partial charge in [-0.15, -0.1) is 0 Å². The summed E-state index contributed by atoms with van der Waals surface area (Å²) < 4.78 is 10.4. The van der Waals surface area contributed by atoms with Crippen molar-refractivity contribution in [2.24, 2.45) is 0 Å². The van der Waals surface area contributed by atoms with Crippen LogP contribution in [0.3, 0.4) is 0 Å². The van der Waals surface area contributed by atoms with Crippen LogP contribution < -0.4 is 4.90 Å². The number of carbonyl (C=O) groups is 2. The zero-order valence-electron chi connectivity index (χ0n) is 14.5. The number of thioether (sulfide) groups is 1. The molecule has 0 amide bonds. The Morgan fingerprint density at radius 2 is 2.04 bits per heavy atom. The van der Waals surface area contributed by atoms with Gasteiger partial charge in [0.2, 0.25) is 5.78 Å². The van der Waals surface area contributed by atoms with Gasteiger partial charge in [-0.3, -0.25) is 4.79 Å². The number of rotatable bonds is 4. The maximum absolute atomic E-state index is 12.5. The number of hydrogen-bond acceptors (Lipinski definition) is 7. The summed E-state index contributed by atoms with van der Waals surface area (Å²) in [6.45, 7) is 2.87. The Bertz CT molecular complexity index is 968. The standard InChI is InChI=1S/C19H16N2O4S/c1-11-8-13(12(2)25-11)19(23)24-10-16(22)14(9-20)18-21(3)15-6-4-5-7-17(15)26-18/h4-8H,10H2,1-3H3/b18-14-. The van der Waals surface area contributed by atoms with Crippen molar-refractivity contribution >= 4 is 29.2 Å². The van der Waals surface area contributed by atoms with E-state index in [1.165, 1.54) is 11.8 Å². The van der Waals surface area contributed by atoms with Gasteiger partial charge in [0, 0.05) is 11.9 Å². The number of esters is 1. The predicted molar refractivity (Wildman–Crippen MR) is 96.8 cm³/mol. The van der Waals surface area contributed by atoms with E-state index < -0.39 is 18.4 Å². The van der Waals surface area contributed by atoms with E-state index in [9.17, 15) is 14.9 Å². The lowest BCUT2D eigenvalue weighted by atomic mass is 10.2. The molecule has 6 nitrogen and oxygen atoms in total. The molecule has 0 saturated carbocycles. The summed E-state index contributed by atoms with van der Waals surface area (Å²) in [5.41, 5.74) is 1.18. The van der Waals surface area contributed by atoms with E-state index in [4.69, 9.17) is 9.15 Å². The first-order valence-corrected chi connectivity index (χ1v) is 8.66. The monoisotopic (exact) mass is 368 g/mol. The summed E-state index contributed by atoms with van der Waals surface area (Å²) in [4.78, 5) is 27.3. The van der Waals surface area contributed by atoms with Crippen molar-refractivity contribution in [2.75, 3.05) is 18.6 Å². The molecule has 0 atom stereocenters. The normalized spacial score (nSPS) is 14.6. The third-order valence-corrected chi connectivity index (χ3v) is 5.17. The van der Waals surface area contributed by atoms with Gasteiger partial charge in [0.25, 0.3) is 0 Å². The Kier molecular flexibility index (Phi) is 4.87. The van der Waals surface area contributed by atoms with Crippen LogP contribution in [0, 0.1) is 25.2 Å². The Hall–Kier alpha value is -2.98. The molecule has 1 aliphatic rings. The first-order chi connectivity index (χ1) is 12.4. The van der Waals surface area contributed by atoms with Gasteiger partial charge in [-0.05, 0) is 32.0 Å². The molecule has 0 fully saturated rings. The second-order valence-corrected chi connectivity index (χ2v) is 6.78.